The predicted octanol–water partition coefficient (Wildman–Crippen LogP) is 2.88. The number of nitrogens with two attached hydrogens (primary N) is 1. The van der Waals surface area contributed by atoms with Crippen LogP contribution in [0.2, 0.25) is 0 Å². The van der Waals surface area contributed by atoms with Gasteiger partial charge in [-0.2, -0.15) is 0 Å². The van der Waals surface area contributed by atoms with E-state index in [9.17, 15) is 8.42 Å². The van der Waals surface area contributed by atoms with Crippen molar-refractivity contribution in [2.45, 2.75) is 32.1 Å². The van der Waals surface area contributed by atoms with Crippen LogP contribution < -0.4 is 20.7 Å². The SMILES string of the molecule is CCNC(=NCCc1ccc(S(N)(=O)=O)cc1)NCCN(CC)c1cccc(C)c1.I. The normalized spacial score (nSPS) is 11.5. The molecule has 0 unspecified atom stereocenters. The molecular formula is C22H34IN5O2S. The van der Waals surface area contributed by atoms with Crippen LogP contribution in [0.3, 0.4) is 0 Å². The van der Waals surface area contributed by atoms with Crippen LogP contribution in [-0.4, -0.2) is 47.1 Å². The Morgan fingerprint density at radius 3 is 2.39 bits per heavy atom. The van der Waals surface area contributed by atoms with E-state index in [0.29, 0.717) is 13.0 Å². The Labute approximate surface area is 203 Å². The highest BCUT2D eigenvalue weighted by atomic mass is 127. The van der Waals surface area contributed by atoms with Crippen molar-refractivity contribution in [3.8, 4) is 0 Å². The molecule has 0 fully saturated rings. The Bertz CT molecular complexity index is 933. The van der Waals surface area contributed by atoms with Crippen LogP contribution in [0.15, 0.2) is 58.4 Å². The molecule has 4 N–H and O–H groups in total. The summed E-state index contributed by atoms with van der Waals surface area (Å²) in [6.07, 6.45) is 0.714. The van der Waals surface area contributed by atoms with Crippen LogP contribution in [0.5, 0.6) is 0 Å². The van der Waals surface area contributed by atoms with Gasteiger partial charge in [-0.3, -0.25) is 4.99 Å². The van der Waals surface area contributed by atoms with Crippen molar-refractivity contribution in [2.75, 3.05) is 37.6 Å². The number of nitrogens with zero attached hydrogens (tertiary/aromatic N) is 2. The molecule has 0 amide bonds. The molecule has 0 saturated carbocycles. The van der Waals surface area contributed by atoms with Gasteiger partial charge in [0.15, 0.2) is 5.96 Å². The number of aryl methyl sites for hydroxylation is 1. The van der Waals surface area contributed by atoms with Crippen molar-refractivity contribution in [1.82, 2.24) is 10.6 Å². The van der Waals surface area contributed by atoms with E-state index in [4.69, 9.17) is 5.14 Å². The molecule has 0 aromatic heterocycles. The molecule has 0 atom stereocenters. The van der Waals surface area contributed by atoms with Crippen LogP contribution in [0.1, 0.15) is 25.0 Å². The highest BCUT2D eigenvalue weighted by Gasteiger charge is 2.07. The van der Waals surface area contributed by atoms with E-state index in [1.807, 2.05) is 6.92 Å². The van der Waals surface area contributed by atoms with E-state index in [-0.39, 0.29) is 28.9 Å². The number of primary sulfonamides is 1. The predicted molar refractivity (Wildman–Crippen MR) is 140 cm³/mol. The first-order chi connectivity index (χ1) is 14.3. The maximum absolute atomic E-state index is 11.3. The number of benzene rings is 2. The van der Waals surface area contributed by atoms with E-state index in [1.54, 1.807) is 12.1 Å². The topological polar surface area (TPSA) is 99.8 Å². The van der Waals surface area contributed by atoms with Gasteiger partial charge in [-0.1, -0.05) is 24.3 Å². The fourth-order valence-corrected chi connectivity index (χ4v) is 3.60. The molecule has 2 aromatic carbocycles. The van der Waals surface area contributed by atoms with Gasteiger partial charge >= 0.3 is 0 Å². The Kier molecular flexibility index (Phi) is 11.9. The zero-order valence-electron chi connectivity index (χ0n) is 18.5. The molecule has 0 saturated heterocycles. The number of nitrogens with one attached hydrogen (secondary N) is 2. The highest BCUT2D eigenvalue weighted by Crippen LogP contribution is 2.15. The Morgan fingerprint density at radius 1 is 1.10 bits per heavy atom. The smallest absolute Gasteiger partial charge is 0.238 e. The van der Waals surface area contributed by atoms with Gasteiger partial charge in [0.1, 0.15) is 0 Å². The number of guanidine groups is 1. The molecule has 0 aliphatic carbocycles. The fourth-order valence-electron chi connectivity index (χ4n) is 3.09. The van der Waals surface area contributed by atoms with Gasteiger partial charge in [-0.05, 0) is 62.6 Å². The fraction of sp³-hybridized carbons (Fsp3) is 0.409. The van der Waals surface area contributed by atoms with E-state index >= 15 is 0 Å². The molecule has 0 bridgehead atoms. The standard InChI is InChI=1S/C22H33N5O2S.HI/c1-4-24-22(25-14-13-19-9-11-21(12-10-19)30(23,28)29)26-15-16-27(5-2)20-8-6-7-18(3)17-20;/h6-12,17H,4-5,13-16H2,1-3H3,(H2,23,28,29)(H2,24,25,26);1H. The number of anilines is 1. The number of likely N-dealkylation sites (N-methyl/N-ethyl adjacent to an activating group) is 1. The average molecular weight is 560 g/mol. The van der Waals surface area contributed by atoms with Crippen LogP contribution in [-0.2, 0) is 16.4 Å². The van der Waals surface area contributed by atoms with Crippen molar-refractivity contribution in [2.24, 2.45) is 10.1 Å². The van der Waals surface area contributed by atoms with Gasteiger partial charge < -0.3 is 15.5 Å². The molecule has 31 heavy (non-hydrogen) atoms. The van der Waals surface area contributed by atoms with Crippen molar-refractivity contribution in [1.29, 1.82) is 0 Å². The van der Waals surface area contributed by atoms with Crippen molar-refractivity contribution >= 4 is 45.6 Å². The minimum absolute atomic E-state index is 0. The van der Waals surface area contributed by atoms with Crippen molar-refractivity contribution in [3.05, 3.63) is 59.7 Å². The second kappa shape index (κ2) is 13.5. The second-order valence-corrected chi connectivity index (χ2v) is 8.61. The third-order valence-corrected chi connectivity index (χ3v) is 5.62. The minimum atomic E-state index is -3.65. The summed E-state index contributed by atoms with van der Waals surface area (Å²) < 4.78 is 22.7. The van der Waals surface area contributed by atoms with Crippen molar-refractivity contribution < 1.29 is 8.42 Å². The van der Waals surface area contributed by atoms with Crippen molar-refractivity contribution in [3.63, 3.8) is 0 Å². The van der Waals surface area contributed by atoms with E-state index in [0.717, 1.165) is 37.7 Å². The van der Waals surface area contributed by atoms with E-state index < -0.39 is 10.0 Å². The third-order valence-electron chi connectivity index (χ3n) is 4.69. The summed E-state index contributed by atoms with van der Waals surface area (Å²) in [6.45, 7) is 10.3. The summed E-state index contributed by atoms with van der Waals surface area (Å²) in [5.74, 6) is 0.777. The zero-order chi connectivity index (χ0) is 22.0. The third kappa shape index (κ3) is 9.44. The lowest BCUT2D eigenvalue weighted by Gasteiger charge is -2.24. The molecule has 172 valence electrons. The van der Waals surface area contributed by atoms with Gasteiger partial charge in [0.2, 0.25) is 10.0 Å². The number of aliphatic imine (C=N–C) groups is 1. The number of rotatable bonds is 10. The minimum Gasteiger partial charge on any atom is -0.370 e. The van der Waals surface area contributed by atoms with Gasteiger partial charge in [0, 0.05) is 38.4 Å². The number of sulfonamides is 1. The van der Waals surface area contributed by atoms with Crippen LogP contribution in [0.25, 0.3) is 0 Å². The largest absolute Gasteiger partial charge is 0.370 e. The van der Waals surface area contributed by atoms with Crippen LogP contribution >= 0.6 is 24.0 Å². The van der Waals surface area contributed by atoms with Gasteiger partial charge in [0.25, 0.3) is 0 Å². The van der Waals surface area contributed by atoms with E-state index in [2.05, 4.69) is 58.6 Å². The number of hydrogen-bond acceptors (Lipinski definition) is 4. The highest BCUT2D eigenvalue weighted by molar-refractivity contribution is 14.0. The van der Waals surface area contributed by atoms with Crippen LogP contribution in [0.4, 0.5) is 5.69 Å². The summed E-state index contributed by atoms with van der Waals surface area (Å²) >= 11 is 0. The number of hydrogen-bond donors (Lipinski definition) is 3. The molecule has 0 radical (unpaired) electrons. The lowest BCUT2D eigenvalue weighted by Crippen LogP contribution is -2.41. The summed E-state index contributed by atoms with van der Waals surface area (Å²) in [7, 11) is -3.65. The molecule has 2 aromatic rings. The molecule has 0 heterocycles. The summed E-state index contributed by atoms with van der Waals surface area (Å²) in [4.78, 5) is 7.08. The monoisotopic (exact) mass is 559 g/mol. The quantitative estimate of drug-likeness (QED) is 0.236. The molecule has 2 rings (SSSR count). The maximum atomic E-state index is 11.3. The Morgan fingerprint density at radius 2 is 1.81 bits per heavy atom. The molecule has 7 nitrogen and oxygen atoms in total. The average Bonchev–Trinajstić information content (AvgIpc) is 2.71. The van der Waals surface area contributed by atoms with E-state index in [1.165, 1.54) is 23.4 Å². The Hall–Kier alpha value is -1.85. The van der Waals surface area contributed by atoms with Crippen LogP contribution in [0, 0.1) is 6.92 Å². The molecule has 0 aliphatic rings. The number of halogens is 1. The first-order valence-corrected chi connectivity index (χ1v) is 11.8. The lowest BCUT2D eigenvalue weighted by molar-refractivity contribution is 0.598. The van der Waals surface area contributed by atoms with Gasteiger partial charge in [-0.25, -0.2) is 13.6 Å². The lowest BCUT2D eigenvalue weighted by atomic mass is 10.1. The molecule has 9 heteroatoms. The molecule has 0 spiro atoms. The first-order valence-electron chi connectivity index (χ1n) is 10.3. The maximum Gasteiger partial charge on any atom is 0.238 e. The molecular weight excluding hydrogens is 525 g/mol. The summed E-state index contributed by atoms with van der Waals surface area (Å²) in [6, 6.07) is 15.1. The second-order valence-electron chi connectivity index (χ2n) is 7.05. The summed E-state index contributed by atoms with van der Waals surface area (Å²) in [5.41, 5.74) is 3.49. The summed E-state index contributed by atoms with van der Waals surface area (Å²) in [5, 5.41) is 11.8. The zero-order valence-corrected chi connectivity index (χ0v) is 21.6. The van der Waals surface area contributed by atoms with Gasteiger partial charge in [-0.15, -0.1) is 24.0 Å². The molecule has 0 aliphatic heterocycles. The Balaban J connectivity index is 0.00000480. The van der Waals surface area contributed by atoms with Gasteiger partial charge in [0.05, 0.1) is 4.90 Å². The first kappa shape index (κ1) is 27.2.